The van der Waals surface area contributed by atoms with Gasteiger partial charge in [0.25, 0.3) is 0 Å². The molecule has 0 aliphatic rings. The molecule has 0 aromatic heterocycles. The monoisotopic (exact) mass is 256 g/mol. The summed E-state index contributed by atoms with van der Waals surface area (Å²) in [6.07, 6.45) is 0.722. The molecule has 76 valence electrons. The quantitative estimate of drug-likeness (QED) is 0.778. The molecule has 0 unspecified atom stereocenters. The average Bonchev–Trinajstić information content (AvgIpc) is 2.20. The van der Waals surface area contributed by atoms with E-state index in [1.165, 1.54) is 7.11 Å². The molecule has 0 saturated carbocycles. The van der Waals surface area contributed by atoms with Crippen molar-refractivity contribution < 1.29 is 9.53 Å². The first-order chi connectivity index (χ1) is 6.63. The summed E-state index contributed by atoms with van der Waals surface area (Å²) in [7, 11) is 1.42. The van der Waals surface area contributed by atoms with E-state index < -0.39 is 0 Å². The van der Waals surface area contributed by atoms with Gasteiger partial charge in [0.1, 0.15) is 0 Å². The summed E-state index contributed by atoms with van der Waals surface area (Å²) >= 11 is 3.36. The summed E-state index contributed by atoms with van der Waals surface area (Å²) in [4.78, 5) is 11.2. The Morgan fingerprint density at radius 2 is 2.00 bits per heavy atom. The molecule has 0 amide bonds. The maximum atomic E-state index is 11.2. The molecule has 0 heterocycles. The van der Waals surface area contributed by atoms with Crippen molar-refractivity contribution in [1.82, 2.24) is 0 Å². The highest BCUT2D eigenvalue weighted by atomic mass is 79.9. The van der Waals surface area contributed by atoms with Crippen LogP contribution in [0.2, 0.25) is 0 Å². The second-order valence-corrected chi connectivity index (χ2v) is 4.17. The normalized spacial score (nSPS) is 12.2. The van der Waals surface area contributed by atoms with Crippen LogP contribution in [0, 0.1) is 5.92 Å². The van der Waals surface area contributed by atoms with Gasteiger partial charge >= 0.3 is 5.97 Å². The summed E-state index contributed by atoms with van der Waals surface area (Å²) in [6.45, 7) is 1.87. The lowest BCUT2D eigenvalue weighted by Crippen LogP contribution is -2.14. The minimum Gasteiger partial charge on any atom is -0.469 e. The molecule has 1 aromatic rings. The lowest BCUT2D eigenvalue weighted by molar-refractivity contribution is -0.144. The average molecular weight is 257 g/mol. The number of hydrogen-bond acceptors (Lipinski definition) is 2. The molecule has 2 nitrogen and oxygen atoms in total. The second kappa shape index (κ2) is 5.15. The Bertz CT molecular complexity index is 306. The van der Waals surface area contributed by atoms with Gasteiger partial charge in [0.2, 0.25) is 0 Å². The van der Waals surface area contributed by atoms with Crippen molar-refractivity contribution >= 4 is 21.9 Å². The highest BCUT2D eigenvalue weighted by molar-refractivity contribution is 9.10. The van der Waals surface area contributed by atoms with Crippen LogP contribution in [-0.2, 0) is 16.0 Å². The summed E-state index contributed by atoms with van der Waals surface area (Å²) in [5, 5.41) is 0. The number of carbonyl (C=O) groups excluding carboxylic acids is 1. The topological polar surface area (TPSA) is 26.3 Å². The van der Waals surface area contributed by atoms with Crippen molar-refractivity contribution in [2.75, 3.05) is 7.11 Å². The summed E-state index contributed by atoms with van der Waals surface area (Å²) in [5.74, 6) is -0.242. The maximum absolute atomic E-state index is 11.2. The lowest BCUT2D eigenvalue weighted by atomic mass is 10.0. The van der Waals surface area contributed by atoms with Crippen molar-refractivity contribution in [3.63, 3.8) is 0 Å². The molecule has 0 aliphatic carbocycles. The Labute approximate surface area is 92.4 Å². The van der Waals surface area contributed by atoms with E-state index in [9.17, 15) is 4.79 Å². The standard InChI is InChI=1S/C11H13BrO2/c1-8(11(13)14-2)7-9-3-5-10(12)6-4-9/h3-6,8H,7H2,1-2H3/t8-/m1/s1. The van der Waals surface area contributed by atoms with Gasteiger partial charge in [0, 0.05) is 4.47 Å². The van der Waals surface area contributed by atoms with Crippen LogP contribution >= 0.6 is 15.9 Å². The third-order valence-electron chi connectivity index (χ3n) is 2.06. The Balaban J connectivity index is 2.60. The molecule has 14 heavy (non-hydrogen) atoms. The van der Waals surface area contributed by atoms with Crippen LogP contribution in [0.15, 0.2) is 28.7 Å². The van der Waals surface area contributed by atoms with Crippen LogP contribution in [0.25, 0.3) is 0 Å². The zero-order chi connectivity index (χ0) is 10.6. The van der Waals surface area contributed by atoms with Crippen LogP contribution in [0.3, 0.4) is 0 Å². The van der Waals surface area contributed by atoms with Crippen LogP contribution in [0.4, 0.5) is 0 Å². The smallest absolute Gasteiger partial charge is 0.308 e. The van der Waals surface area contributed by atoms with E-state index in [0.717, 1.165) is 16.5 Å². The van der Waals surface area contributed by atoms with E-state index in [2.05, 4.69) is 20.7 Å². The number of carbonyl (C=O) groups is 1. The molecule has 3 heteroatoms. The lowest BCUT2D eigenvalue weighted by Gasteiger charge is -2.08. The van der Waals surface area contributed by atoms with E-state index in [1.807, 2.05) is 31.2 Å². The zero-order valence-electron chi connectivity index (χ0n) is 8.29. The molecule has 0 radical (unpaired) electrons. The predicted molar refractivity (Wildman–Crippen MR) is 59.0 cm³/mol. The number of halogens is 1. The fourth-order valence-corrected chi connectivity index (χ4v) is 1.52. The molecule has 0 fully saturated rings. The number of ether oxygens (including phenoxy) is 1. The van der Waals surface area contributed by atoms with Gasteiger partial charge in [-0.15, -0.1) is 0 Å². The van der Waals surface area contributed by atoms with Crippen LogP contribution < -0.4 is 0 Å². The molecular formula is C11H13BrO2. The molecule has 0 aliphatic heterocycles. The van der Waals surface area contributed by atoms with E-state index in [-0.39, 0.29) is 11.9 Å². The molecule has 1 atom stereocenters. The fraction of sp³-hybridized carbons (Fsp3) is 0.364. The highest BCUT2D eigenvalue weighted by Crippen LogP contribution is 2.14. The van der Waals surface area contributed by atoms with Gasteiger partial charge in [0.15, 0.2) is 0 Å². The van der Waals surface area contributed by atoms with E-state index in [1.54, 1.807) is 0 Å². The van der Waals surface area contributed by atoms with Gasteiger partial charge in [-0.25, -0.2) is 0 Å². The molecular weight excluding hydrogens is 244 g/mol. The van der Waals surface area contributed by atoms with E-state index >= 15 is 0 Å². The molecule has 1 aromatic carbocycles. The van der Waals surface area contributed by atoms with Gasteiger partial charge in [0.05, 0.1) is 13.0 Å². The first kappa shape index (κ1) is 11.2. The highest BCUT2D eigenvalue weighted by Gasteiger charge is 2.13. The fourth-order valence-electron chi connectivity index (χ4n) is 1.26. The molecule has 1 rings (SSSR count). The molecule has 0 spiro atoms. The molecule has 0 saturated heterocycles. The van der Waals surface area contributed by atoms with Gasteiger partial charge in [-0.05, 0) is 24.1 Å². The van der Waals surface area contributed by atoms with Crippen LogP contribution in [0.1, 0.15) is 12.5 Å². The second-order valence-electron chi connectivity index (χ2n) is 3.25. The van der Waals surface area contributed by atoms with Crippen LogP contribution in [-0.4, -0.2) is 13.1 Å². The van der Waals surface area contributed by atoms with Crippen molar-refractivity contribution in [2.45, 2.75) is 13.3 Å². The van der Waals surface area contributed by atoms with Crippen molar-refractivity contribution in [3.05, 3.63) is 34.3 Å². The largest absolute Gasteiger partial charge is 0.469 e. The molecule has 0 N–H and O–H groups in total. The first-order valence-electron chi connectivity index (χ1n) is 4.45. The zero-order valence-corrected chi connectivity index (χ0v) is 9.87. The Hall–Kier alpha value is -0.830. The van der Waals surface area contributed by atoms with Crippen molar-refractivity contribution in [1.29, 1.82) is 0 Å². The Kier molecular flexibility index (Phi) is 4.14. The van der Waals surface area contributed by atoms with E-state index in [0.29, 0.717) is 0 Å². The third-order valence-corrected chi connectivity index (χ3v) is 2.59. The Morgan fingerprint density at radius 1 is 1.43 bits per heavy atom. The SMILES string of the molecule is COC(=O)[C@H](C)Cc1ccc(Br)cc1. The maximum Gasteiger partial charge on any atom is 0.308 e. The van der Waals surface area contributed by atoms with Gasteiger partial charge in [-0.2, -0.15) is 0 Å². The minimum atomic E-state index is -0.159. The number of methoxy groups -OCH3 is 1. The van der Waals surface area contributed by atoms with E-state index in [4.69, 9.17) is 0 Å². The van der Waals surface area contributed by atoms with Crippen molar-refractivity contribution in [3.8, 4) is 0 Å². The number of benzene rings is 1. The van der Waals surface area contributed by atoms with Gasteiger partial charge < -0.3 is 4.74 Å². The first-order valence-corrected chi connectivity index (χ1v) is 5.25. The predicted octanol–water partition coefficient (Wildman–Crippen LogP) is 2.80. The van der Waals surface area contributed by atoms with Crippen LogP contribution in [0.5, 0.6) is 0 Å². The number of rotatable bonds is 3. The third kappa shape index (κ3) is 3.14. The van der Waals surface area contributed by atoms with Gasteiger partial charge in [-0.1, -0.05) is 35.0 Å². The summed E-state index contributed by atoms with van der Waals surface area (Å²) in [5.41, 5.74) is 1.14. The summed E-state index contributed by atoms with van der Waals surface area (Å²) < 4.78 is 5.71. The summed E-state index contributed by atoms with van der Waals surface area (Å²) in [6, 6.07) is 7.95. The van der Waals surface area contributed by atoms with Crippen molar-refractivity contribution in [2.24, 2.45) is 5.92 Å². The number of hydrogen-bond donors (Lipinski definition) is 0. The van der Waals surface area contributed by atoms with Gasteiger partial charge in [-0.3, -0.25) is 4.79 Å². The minimum absolute atomic E-state index is 0.0822. The Morgan fingerprint density at radius 3 is 2.50 bits per heavy atom. The molecule has 0 bridgehead atoms. The number of esters is 1.